The number of carbonyl (C=O) groups excluding carboxylic acids is 2. The van der Waals surface area contributed by atoms with Crippen LogP contribution in [-0.4, -0.2) is 11.9 Å². The molecule has 3 nitrogen and oxygen atoms in total. The largest absolute Gasteiger partial charge is 0.393 e. The van der Waals surface area contributed by atoms with E-state index in [1.807, 2.05) is 0 Å². The third-order valence-corrected chi connectivity index (χ3v) is 4.30. The van der Waals surface area contributed by atoms with E-state index in [1.165, 1.54) is 5.57 Å². The van der Waals surface area contributed by atoms with Crippen molar-refractivity contribution in [3.8, 4) is 0 Å². The van der Waals surface area contributed by atoms with Crippen LogP contribution < -0.4 is 0 Å². The van der Waals surface area contributed by atoms with Crippen molar-refractivity contribution < 1.29 is 14.3 Å². The molecule has 1 saturated heterocycles. The molecule has 0 bridgehead atoms. The fourth-order valence-electron chi connectivity index (χ4n) is 2.85. The van der Waals surface area contributed by atoms with E-state index in [1.54, 1.807) is 0 Å². The average Bonchev–Trinajstić information content (AvgIpc) is 2.69. The lowest BCUT2D eigenvalue weighted by molar-refractivity contribution is -0.153. The molecule has 1 aliphatic heterocycles. The van der Waals surface area contributed by atoms with Crippen molar-refractivity contribution in [3.05, 3.63) is 11.6 Å². The maximum Gasteiger partial charge on any atom is 0.317 e. The van der Waals surface area contributed by atoms with Gasteiger partial charge in [-0.2, -0.15) is 0 Å². The molecule has 0 saturated carbocycles. The minimum atomic E-state index is -0.359. The van der Waals surface area contributed by atoms with Gasteiger partial charge in [-0.05, 0) is 38.0 Å². The van der Waals surface area contributed by atoms with Gasteiger partial charge in [0.2, 0.25) is 0 Å². The maximum atomic E-state index is 11.7. The Labute approximate surface area is 116 Å². The van der Waals surface area contributed by atoms with Crippen molar-refractivity contribution in [1.29, 1.82) is 0 Å². The second-order valence-electron chi connectivity index (χ2n) is 5.63. The predicted octanol–water partition coefficient (Wildman–Crippen LogP) is 3.87. The summed E-state index contributed by atoms with van der Waals surface area (Å²) in [5.41, 5.74) is 1.41. The molecule has 1 rings (SSSR count). The van der Waals surface area contributed by atoms with Gasteiger partial charge in [-0.1, -0.05) is 38.8 Å². The molecule has 0 N–H and O–H groups in total. The molecule has 108 valence electrons. The molecule has 0 radical (unpaired) electrons. The lowest BCUT2D eigenvalue weighted by atomic mass is 9.78. The SMILES string of the molecule is CC/C(C)=C/CCC(C)C(CC)C1CC(=O)OC1=O. The smallest absolute Gasteiger partial charge is 0.317 e. The van der Waals surface area contributed by atoms with E-state index in [0.29, 0.717) is 5.92 Å². The van der Waals surface area contributed by atoms with E-state index in [9.17, 15) is 9.59 Å². The minimum Gasteiger partial charge on any atom is -0.393 e. The van der Waals surface area contributed by atoms with E-state index in [2.05, 4.69) is 38.5 Å². The van der Waals surface area contributed by atoms with Gasteiger partial charge < -0.3 is 4.74 Å². The van der Waals surface area contributed by atoms with Gasteiger partial charge in [-0.3, -0.25) is 9.59 Å². The second-order valence-corrected chi connectivity index (χ2v) is 5.63. The van der Waals surface area contributed by atoms with Crippen LogP contribution in [0.15, 0.2) is 11.6 Å². The Morgan fingerprint density at radius 1 is 1.42 bits per heavy atom. The monoisotopic (exact) mass is 266 g/mol. The average molecular weight is 266 g/mol. The summed E-state index contributed by atoms with van der Waals surface area (Å²) in [5.74, 6) is -0.196. The van der Waals surface area contributed by atoms with Gasteiger partial charge in [0.1, 0.15) is 0 Å². The fraction of sp³-hybridized carbons (Fsp3) is 0.750. The molecule has 1 fully saturated rings. The van der Waals surface area contributed by atoms with Crippen molar-refractivity contribution >= 4 is 11.9 Å². The van der Waals surface area contributed by atoms with Gasteiger partial charge >= 0.3 is 11.9 Å². The first-order valence-electron chi connectivity index (χ1n) is 7.39. The summed E-state index contributed by atoms with van der Waals surface area (Å²) in [6.45, 7) is 8.57. The predicted molar refractivity (Wildman–Crippen MR) is 75.4 cm³/mol. The topological polar surface area (TPSA) is 43.4 Å². The Balaban J connectivity index is 2.54. The Morgan fingerprint density at radius 3 is 2.58 bits per heavy atom. The summed E-state index contributed by atoms with van der Waals surface area (Å²) in [7, 11) is 0. The lowest BCUT2D eigenvalue weighted by Crippen LogP contribution is -2.25. The number of allylic oxidation sites excluding steroid dienone is 2. The summed E-state index contributed by atoms with van der Waals surface area (Å²) in [6, 6.07) is 0. The fourth-order valence-corrected chi connectivity index (χ4v) is 2.85. The first-order chi connectivity index (χ1) is 8.99. The maximum absolute atomic E-state index is 11.7. The minimum absolute atomic E-state index is 0.219. The third kappa shape index (κ3) is 4.48. The molecule has 0 aromatic rings. The van der Waals surface area contributed by atoms with Crippen LogP contribution in [0.25, 0.3) is 0 Å². The highest BCUT2D eigenvalue weighted by atomic mass is 16.6. The number of hydrogen-bond donors (Lipinski definition) is 0. The molecule has 0 amide bonds. The molecule has 0 aromatic heterocycles. The highest BCUT2D eigenvalue weighted by Gasteiger charge is 2.40. The quantitative estimate of drug-likeness (QED) is 0.399. The van der Waals surface area contributed by atoms with Gasteiger partial charge in [0.25, 0.3) is 0 Å². The van der Waals surface area contributed by atoms with E-state index in [0.717, 1.165) is 25.7 Å². The van der Waals surface area contributed by atoms with Crippen molar-refractivity contribution in [2.24, 2.45) is 17.8 Å². The molecular formula is C16H26O3. The van der Waals surface area contributed by atoms with E-state index in [-0.39, 0.29) is 30.2 Å². The number of hydrogen-bond acceptors (Lipinski definition) is 3. The summed E-state index contributed by atoms with van der Waals surface area (Å²) in [5, 5.41) is 0. The van der Waals surface area contributed by atoms with Gasteiger partial charge in [-0.25, -0.2) is 0 Å². The molecule has 1 aliphatic rings. The van der Waals surface area contributed by atoms with Crippen molar-refractivity contribution in [1.82, 2.24) is 0 Å². The Hall–Kier alpha value is -1.12. The zero-order chi connectivity index (χ0) is 14.4. The number of rotatable bonds is 7. The molecule has 0 spiro atoms. The Bertz CT molecular complexity index is 357. The van der Waals surface area contributed by atoms with Crippen LogP contribution in [0, 0.1) is 17.8 Å². The van der Waals surface area contributed by atoms with Crippen LogP contribution in [0.3, 0.4) is 0 Å². The van der Waals surface area contributed by atoms with Crippen molar-refractivity contribution in [3.63, 3.8) is 0 Å². The lowest BCUT2D eigenvalue weighted by Gasteiger charge is -2.25. The number of cyclic esters (lactones) is 2. The van der Waals surface area contributed by atoms with Crippen molar-refractivity contribution in [2.45, 2.75) is 59.8 Å². The van der Waals surface area contributed by atoms with Crippen molar-refractivity contribution in [2.75, 3.05) is 0 Å². The number of ether oxygens (including phenoxy) is 1. The first-order valence-corrected chi connectivity index (χ1v) is 7.39. The van der Waals surface area contributed by atoms with Crippen LogP contribution in [0.4, 0.5) is 0 Å². The molecule has 3 unspecified atom stereocenters. The van der Waals surface area contributed by atoms with E-state index >= 15 is 0 Å². The van der Waals surface area contributed by atoms with E-state index < -0.39 is 0 Å². The normalized spacial score (nSPS) is 23.4. The Kier molecular flexibility index (Phi) is 6.26. The van der Waals surface area contributed by atoms with Crippen LogP contribution >= 0.6 is 0 Å². The summed E-state index contributed by atoms with van der Waals surface area (Å²) < 4.78 is 4.68. The summed E-state index contributed by atoms with van der Waals surface area (Å²) in [6.07, 6.45) is 6.67. The van der Waals surface area contributed by atoms with Crippen LogP contribution in [0.2, 0.25) is 0 Å². The van der Waals surface area contributed by atoms with Gasteiger partial charge in [0, 0.05) is 0 Å². The number of carbonyl (C=O) groups is 2. The molecule has 1 heterocycles. The molecule has 0 aromatic carbocycles. The molecule has 3 atom stereocenters. The van der Waals surface area contributed by atoms with Crippen LogP contribution in [0.5, 0.6) is 0 Å². The van der Waals surface area contributed by atoms with Crippen LogP contribution in [0.1, 0.15) is 59.8 Å². The summed E-state index contributed by atoms with van der Waals surface area (Å²) >= 11 is 0. The van der Waals surface area contributed by atoms with Crippen LogP contribution in [-0.2, 0) is 14.3 Å². The van der Waals surface area contributed by atoms with Gasteiger partial charge in [0.15, 0.2) is 0 Å². The Morgan fingerprint density at radius 2 is 2.11 bits per heavy atom. The molecular weight excluding hydrogens is 240 g/mol. The highest BCUT2D eigenvalue weighted by molar-refractivity contribution is 5.94. The zero-order valence-corrected chi connectivity index (χ0v) is 12.6. The van der Waals surface area contributed by atoms with E-state index in [4.69, 9.17) is 0 Å². The molecule has 19 heavy (non-hydrogen) atoms. The number of esters is 2. The second kappa shape index (κ2) is 7.46. The summed E-state index contributed by atoms with van der Waals surface area (Å²) in [4.78, 5) is 22.9. The molecule has 0 aliphatic carbocycles. The third-order valence-electron chi connectivity index (χ3n) is 4.30. The zero-order valence-electron chi connectivity index (χ0n) is 12.6. The standard InChI is InChI=1S/C16H26O3/c1-5-11(3)8-7-9-12(4)13(6-2)14-10-15(17)19-16(14)18/h8,12-14H,5-7,9-10H2,1-4H3/b11-8+. The molecule has 3 heteroatoms. The highest BCUT2D eigenvalue weighted by Crippen LogP contribution is 2.34. The van der Waals surface area contributed by atoms with Gasteiger partial charge in [-0.15, -0.1) is 0 Å². The van der Waals surface area contributed by atoms with Gasteiger partial charge in [0.05, 0.1) is 12.3 Å². The first kappa shape index (κ1) is 15.9.